The standard InChI is InChI=1S/C19H29N3O4S/c1-15(2)17-7-5-6-16(3)19(17)22(27(4,25)26)9-8-18(24)21-12-10-20(14-23)11-13-21/h5-7,14-15H,8-13H2,1-4H3. The minimum Gasteiger partial charge on any atom is -0.342 e. The Labute approximate surface area is 162 Å². The van der Waals surface area contributed by atoms with Gasteiger partial charge < -0.3 is 9.80 Å². The van der Waals surface area contributed by atoms with Crippen molar-refractivity contribution in [3.05, 3.63) is 29.3 Å². The second kappa shape index (κ2) is 8.73. The lowest BCUT2D eigenvalue weighted by atomic mass is 9.98. The number of piperazine rings is 1. The lowest BCUT2D eigenvalue weighted by Gasteiger charge is -2.33. The van der Waals surface area contributed by atoms with Gasteiger partial charge in [-0.05, 0) is 24.0 Å². The summed E-state index contributed by atoms with van der Waals surface area (Å²) in [5.74, 6) is 0.0742. The van der Waals surface area contributed by atoms with Crippen LogP contribution < -0.4 is 4.31 Å². The van der Waals surface area contributed by atoms with Gasteiger partial charge in [0.25, 0.3) is 0 Å². The number of carbonyl (C=O) groups excluding carboxylic acids is 2. The Balaban J connectivity index is 2.18. The van der Waals surface area contributed by atoms with Gasteiger partial charge in [0, 0.05) is 39.1 Å². The molecule has 8 heteroatoms. The Morgan fingerprint density at radius 1 is 1.22 bits per heavy atom. The number of nitrogens with zero attached hydrogens (tertiary/aromatic N) is 3. The third-order valence-corrected chi connectivity index (χ3v) is 6.05. The van der Waals surface area contributed by atoms with Crippen molar-refractivity contribution >= 4 is 28.0 Å². The average molecular weight is 396 g/mol. The van der Waals surface area contributed by atoms with Crippen molar-refractivity contribution < 1.29 is 18.0 Å². The molecule has 1 aliphatic heterocycles. The summed E-state index contributed by atoms with van der Waals surface area (Å²) in [4.78, 5) is 26.7. The van der Waals surface area contributed by atoms with Crippen LogP contribution >= 0.6 is 0 Å². The first-order chi connectivity index (χ1) is 12.6. The van der Waals surface area contributed by atoms with Crippen LogP contribution in [0.4, 0.5) is 5.69 Å². The molecule has 1 fully saturated rings. The van der Waals surface area contributed by atoms with Crippen molar-refractivity contribution in [2.75, 3.05) is 43.3 Å². The lowest BCUT2D eigenvalue weighted by molar-refractivity contribution is -0.134. The summed E-state index contributed by atoms with van der Waals surface area (Å²) >= 11 is 0. The molecule has 150 valence electrons. The molecule has 0 atom stereocenters. The summed E-state index contributed by atoms with van der Waals surface area (Å²) in [6.07, 6.45) is 2.08. The third kappa shape index (κ3) is 5.22. The molecule has 1 saturated heterocycles. The first-order valence-corrected chi connectivity index (χ1v) is 11.0. The highest BCUT2D eigenvalue weighted by Gasteiger charge is 2.26. The Bertz CT molecular complexity index is 784. The lowest BCUT2D eigenvalue weighted by Crippen LogP contribution is -2.48. The van der Waals surface area contributed by atoms with Crippen molar-refractivity contribution in [3.63, 3.8) is 0 Å². The van der Waals surface area contributed by atoms with E-state index in [9.17, 15) is 18.0 Å². The molecule has 1 aromatic carbocycles. The Morgan fingerprint density at radius 2 is 1.85 bits per heavy atom. The Kier molecular flexibility index (Phi) is 6.86. The maximum atomic E-state index is 12.6. The fourth-order valence-electron chi connectivity index (χ4n) is 3.36. The molecule has 0 spiro atoms. The zero-order valence-electron chi connectivity index (χ0n) is 16.5. The molecule has 2 rings (SSSR count). The minimum absolute atomic E-state index is 0.0890. The highest BCUT2D eigenvalue weighted by Crippen LogP contribution is 2.32. The van der Waals surface area contributed by atoms with Gasteiger partial charge in [-0.3, -0.25) is 13.9 Å². The molecule has 0 unspecified atom stereocenters. The van der Waals surface area contributed by atoms with E-state index in [1.165, 1.54) is 10.6 Å². The predicted octanol–water partition coefficient (Wildman–Crippen LogP) is 1.58. The molecule has 0 N–H and O–H groups in total. The van der Waals surface area contributed by atoms with Crippen molar-refractivity contribution in [1.82, 2.24) is 9.80 Å². The number of anilines is 1. The van der Waals surface area contributed by atoms with Crippen LogP contribution in [0.15, 0.2) is 18.2 Å². The van der Waals surface area contributed by atoms with E-state index < -0.39 is 10.0 Å². The fraction of sp³-hybridized carbons (Fsp3) is 0.579. The van der Waals surface area contributed by atoms with Crippen LogP contribution in [0, 0.1) is 6.92 Å². The van der Waals surface area contributed by atoms with E-state index in [1.54, 1.807) is 9.80 Å². The molecule has 27 heavy (non-hydrogen) atoms. The number of carbonyl (C=O) groups is 2. The molecule has 1 aromatic rings. The summed E-state index contributed by atoms with van der Waals surface area (Å²) < 4.78 is 26.3. The van der Waals surface area contributed by atoms with E-state index in [0.717, 1.165) is 17.5 Å². The molecule has 0 radical (unpaired) electrons. The number of para-hydroxylation sites is 1. The molecule has 2 amide bonds. The number of hydrogen-bond acceptors (Lipinski definition) is 4. The fourth-order valence-corrected chi connectivity index (χ4v) is 4.37. The molecular weight excluding hydrogens is 366 g/mol. The summed E-state index contributed by atoms with van der Waals surface area (Å²) in [5, 5.41) is 0. The zero-order chi connectivity index (χ0) is 20.2. The first kappa shape index (κ1) is 21.2. The van der Waals surface area contributed by atoms with E-state index in [2.05, 4.69) is 0 Å². The van der Waals surface area contributed by atoms with Gasteiger partial charge in [-0.2, -0.15) is 0 Å². The minimum atomic E-state index is -3.53. The van der Waals surface area contributed by atoms with E-state index >= 15 is 0 Å². The van der Waals surface area contributed by atoms with Gasteiger partial charge in [-0.25, -0.2) is 8.42 Å². The van der Waals surface area contributed by atoms with Crippen molar-refractivity contribution in [1.29, 1.82) is 0 Å². The van der Waals surface area contributed by atoms with E-state index in [0.29, 0.717) is 31.9 Å². The van der Waals surface area contributed by atoms with Gasteiger partial charge >= 0.3 is 0 Å². The van der Waals surface area contributed by atoms with Crippen LogP contribution in [-0.4, -0.2) is 69.5 Å². The number of hydrogen-bond donors (Lipinski definition) is 0. The molecular formula is C19H29N3O4S. The quantitative estimate of drug-likeness (QED) is 0.657. The van der Waals surface area contributed by atoms with E-state index in [4.69, 9.17) is 0 Å². The monoisotopic (exact) mass is 395 g/mol. The number of rotatable bonds is 7. The number of sulfonamides is 1. The van der Waals surface area contributed by atoms with Crippen LogP contribution in [0.1, 0.15) is 37.3 Å². The molecule has 1 aliphatic rings. The van der Waals surface area contributed by atoms with Gasteiger partial charge in [0.05, 0.1) is 11.9 Å². The van der Waals surface area contributed by atoms with Crippen LogP contribution in [0.5, 0.6) is 0 Å². The van der Waals surface area contributed by atoms with Gasteiger partial charge in [-0.1, -0.05) is 32.0 Å². The summed E-state index contributed by atoms with van der Waals surface area (Å²) in [5.41, 5.74) is 2.50. The number of aryl methyl sites for hydroxylation is 1. The van der Waals surface area contributed by atoms with Gasteiger partial charge in [-0.15, -0.1) is 0 Å². The van der Waals surface area contributed by atoms with Crippen molar-refractivity contribution in [2.24, 2.45) is 0 Å². The molecule has 0 aliphatic carbocycles. The van der Waals surface area contributed by atoms with E-state index in [-0.39, 0.29) is 24.8 Å². The summed E-state index contributed by atoms with van der Waals surface area (Å²) in [6, 6.07) is 5.75. The molecule has 0 saturated carbocycles. The smallest absolute Gasteiger partial charge is 0.232 e. The highest BCUT2D eigenvalue weighted by atomic mass is 32.2. The van der Waals surface area contributed by atoms with Crippen molar-refractivity contribution in [2.45, 2.75) is 33.1 Å². The zero-order valence-corrected chi connectivity index (χ0v) is 17.3. The predicted molar refractivity (Wildman–Crippen MR) is 106 cm³/mol. The van der Waals surface area contributed by atoms with Crippen LogP contribution in [0.2, 0.25) is 0 Å². The van der Waals surface area contributed by atoms with Gasteiger partial charge in [0.1, 0.15) is 0 Å². The summed E-state index contributed by atoms with van der Waals surface area (Å²) in [6.45, 7) is 8.04. The maximum absolute atomic E-state index is 12.6. The first-order valence-electron chi connectivity index (χ1n) is 9.19. The SMILES string of the molecule is Cc1cccc(C(C)C)c1N(CCC(=O)N1CCN(C=O)CC1)S(C)(=O)=O. The Morgan fingerprint density at radius 3 is 2.37 bits per heavy atom. The second-order valence-electron chi connectivity index (χ2n) is 7.27. The molecule has 1 heterocycles. The van der Waals surface area contributed by atoms with Gasteiger partial charge in [0.2, 0.25) is 22.3 Å². The number of amides is 2. The second-order valence-corrected chi connectivity index (χ2v) is 9.18. The topological polar surface area (TPSA) is 78.0 Å². The summed E-state index contributed by atoms with van der Waals surface area (Å²) in [7, 11) is -3.53. The average Bonchev–Trinajstić information content (AvgIpc) is 2.61. The largest absolute Gasteiger partial charge is 0.342 e. The van der Waals surface area contributed by atoms with Crippen LogP contribution in [-0.2, 0) is 19.6 Å². The third-order valence-electron chi connectivity index (χ3n) is 4.89. The van der Waals surface area contributed by atoms with E-state index in [1.807, 2.05) is 39.0 Å². The van der Waals surface area contributed by atoms with Crippen molar-refractivity contribution in [3.8, 4) is 0 Å². The number of benzene rings is 1. The Hall–Kier alpha value is -2.09. The molecule has 0 aromatic heterocycles. The highest BCUT2D eigenvalue weighted by molar-refractivity contribution is 7.92. The normalized spacial score (nSPS) is 15.1. The maximum Gasteiger partial charge on any atom is 0.232 e. The molecule has 0 bridgehead atoms. The van der Waals surface area contributed by atoms with Gasteiger partial charge in [0.15, 0.2) is 0 Å². The van der Waals surface area contributed by atoms with Crippen LogP contribution in [0.3, 0.4) is 0 Å². The van der Waals surface area contributed by atoms with Crippen LogP contribution in [0.25, 0.3) is 0 Å². The molecule has 7 nitrogen and oxygen atoms in total.